The van der Waals surface area contributed by atoms with Crippen molar-refractivity contribution in [1.29, 1.82) is 0 Å². The van der Waals surface area contributed by atoms with Gasteiger partial charge in [-0.2, -0.15) is 0 Å². The normalized spacial score (nSPS) is 10.3. The van der Waals surface area contributed by atoms with Crippen LogP contribution in [0.3, 0.4) is 0 Å². The molecule has 0 fully saturated rings. The van der Waals surface area contributed by atoms with Crippen LogP contribution in [0.2, 0.25) is 0 Å². The molecule has 0 heterocycles. The van der Waals surface area contributed by atoms with E-state index in [4.69, 9.17) is 5.90 Å². The van der Waals surface area contributed by atoms with Gasteiger partial charge in [-0.05, 0) is 33.6 Å². The zero-order valence-electron chi connectivity index (χ0n) is 5.98. The van der Waals surface area contributed by atoms with Crippen LogP contribution in [0.5, 0.6) is 0 Å². The Labute approximate surface area is 76.4 Å². The summed E-state index contributed by atoms with van der Waals surface area (Å²) in [5.74, 6) is 3.41. The molecule has 2 N–H and O–H groups in total. The van der Waals surface area contributed by atoms with Crippen molar-refractivity contribution < 1.29 is 13.6 Å². The molecule has 0 saturated heterocycles. The fourth-order valence-corrected chi connectivity index (χ4v) is 1.02. The van der Waals surface area contributed by atoms with Crippen molar-refractivity contribution in [2.24, 2.45) is 5.90 Å². The zero-order valence-corrected chi connectivity index (χ0v) is 7.57. The Hall–Kier alpha value is -0.520. The molecule has 0 spiro atoms. The third kappa shape index (κ3) is 2.00. The summed E-state index contributed by atoms with van der Waals surface area (Å²) < 4.78 is 25.4. The van der Waals surface area contributed by atoms with Crippen molar-refractivity contribution in [3.63, 3.8) is 0 Å². The number of benzene rings is 1. The van der Waals surface area contributed by atoms with E-state index in [0.717, 1.165) is 12.1 Å². The Morgan fingerprint density at radius 2 is 1.83 bits per heavy atom. The third-order valence-electron chi connectivity index (χ3n) is 1.29. The lowest BCUT2D eigenvalue weighted by atomic mass is 10.2. The highest BCUT2D eigenvalue weighted by Gasteiger charge is 2.07. The Balaban J connectivity index is 3.04. The molecule has 12 heavy (non-hydrogen) atoms. The molecule has 0 radical (unpaired) electrons. The maximum absolute atomic E-state index is 12.8. The molecule has 2 nitrogen and oxygen atoms in total. The fourth-order valence-electron chi connectivity index (χ4n) is 0.788. The number of hydrogen-bond donors (Lipinski definition) is 1. The van der Waals surface area contributed by atoms with Crippen LogP contribution in [0.25, 0.3) is 0 Å². The molecule has 0 aliphatic carbocycles. The Morgan fingerprint density at radius 1 is 1.33 bits per heavy atom. The molecule has 1 aromatic carbocycles. The van der Waals surface area contributed by atoms with E-state index in [1.807, 2.05) is 0 Å². The number of halogens is 3. The predicted octanol–water partition coefficient (Wildman–Crippen LogP) is 2.12. The molecule has 0 unspecified atom stereocenters. The fraction of sp³-hybridized carbons (Fsp3) is 0.143. The van der Waals surface area contributed by atoms with Crippen LogP contribution >= 0.6 is 15.9 Å². The summed E-state index contributed by atoms with van der Waals surface area (Å²) in [4.78, 5) is 4.23. The van der Waals surface area contributed by atoms with Gasteiger partial charge in [-0.25, -0.2) is 14.7 Å². The number of hydrogen-bond acceptors (Lipinski definition) is 2. The van der Waals surface area contributed by atoms with Crippen LogP contribution in [0.15, 0.2) is 16.6 Å². The van der Waals surface area contributed by atoms with Crippen molar-refractivity contribution in [3.05, 3.63) is 33.8 Å². The molecule has 0 aliphatic heterocycles. The van der Waals surface area contributed by atoms with Gasteiger partial charge >= 0.3 is 0 Å². The van der Waals surface area contributed by atoms with Gasteiger partial charge in [0, 0.05) is 0 Å². The largest absolute Gasteiger partial charge is 0.300 e. The lowest BCUT2D eigenvalue weighted by Crippen LogP contribution is -2.00. The van der Waals surface area contributed by atoms with E-state index in [1.54, 1.807) is 0 Å². The first-order valence-corrected chi connectivity index (χ1v) is 3.89. The van der Waals surface area contributed by atoms with Crippen molar-refractivity contribution in [2.45, 2.75) is 6.61 Å². The smallest absolute Gasteiger partial charge is 0.140 e. The van der Waals surface area contributed by atoms with Crippen LogP contribution in [0, 0.1) is 11.6 Å². The second kappa shape index (κ2) is 3.93. The van der Waals surface area contributed by atoms with E-state index in [1.165, 1.54) is 0 Å². The van der Waals surface area contributed by atoms with Gasteiger partial charge in [0.2, 0.25) is 0 Å². The van der Waals surface area contributed by atoms with Gasteiger partial charge in [-0.15, -0.1) is 0 Å². The standard InChI is InChI=1S/C7H6BrF2NO/c8-7-5(9)1-4(3-12-11)2-6(7)10/h1-2H,3,11H2. The van der Waals surface area contributed by atoms with E-state index in [-0.39, 0.29) is 11.1 Å². The van der Waals surface area contributed by atoms with E-state index in [9.17, 15) is 8.78 Å². The summed E-state index contributed by atoms with van der Waals surface area (Å²) in [7, 11) is 0. The SMILES string of the molecule is NOCc1cc(F)c(Br)c(F)c1. The quantitative estimate of drug-likeness (QED) is 0.632. The van der Waals surface area contributed by atoms with Gasteiger partial charge in [-0.3, -0.25) is 4.84 Å². The van der Waals surface area contributed by atoms with Crippen molar-refractivity contribution in [3.8, 4) is 0 Å². The lowest BCUT2D eigenvalue weighted by Gasteiger charge is -2.01. The van der Waals surface area contributed by atoms with Crippen molar-refractivity contribution in [2.75, 3.05) is 0 Å². The summed E-state index contributed by atoms with van der Waals surface area (Å²) in [6, 6.07) is 2.31. The van der Waals surface area contributed by atoms with Gasteiger partial charge in [0.15, 0.2) is 0 Å². The van der Waals surface area contributed by atoms with E-state index in [2.05, 4.69) is 20.8 Å². The molecule has 0 aliphatic rings. The Bertz CT molecular complexity index is 270. The van der Waals surface area contributed by atoms with Crippen molar-refractivity contribution in [1.82, 2.24) is 0 Å². The minimum atomic E-state index is -0.665. The summed E-state index contributed by atoms with van der Waals surface area (Å²) in [6.45, 7) is -0.0128. The molecule has 66 valence electrons. The molecule has 0 amide bonds. The van der Waals surface area contributed by atoms with Crippen molar-refractivity contribution >= 4 is 15.9 Å². The highest BCUT2D eigenvalue weighted by Crippen LogP contribution is 2.21. The molecule has 0 atom stereocenters. The van der Waals surface area contributed by atoms with Crippen LogP contribution in [-0.2, 0) is 11.4 Å². The monoisotopic (exact) mass is 237 g/mol. The average molecular weight is 238 g/mol. The Morgan fingerprint density at radius 3 is 2.25 bits per heavy atom. The minimum absolute atomic E-state index is 0.0128. The number of nitrogens with two attached hydrogens (primary N) is 1. The topological polar surface area (TPSA) is 35.2 Å². The van der Waals surface area contributed by atoms with Gasteiger partial charge < -0.3 is 0 Å². The first kappa shape index (κ1) is 9.57. The highest BCUT2D eigenvalue weighted by molar-refractivity contribution is 9.10. The second-order valence-electron chi connectivity index (χ2n) is 2.18. The molecule has 1 aromatic rings. The van der Waals surface area contributed by atoms with E-state index in [0.29, 0.717) is 5.56 Å². The minimum Gasteiger partial charge on any atom is -0.300 e. The maximum atomic E-state index is 12.8. The van der Waals surface area contributed by atoms with E-state index >= 15 is 0 Å². The summed E-state index contributed by atoms with van der Waals surface area (Å²) in [5.41, 5.74) is 0.357. The highest BCUT2D eigenvalue weighted by atomic mass is 79.9. The van der Waals surface area contributed by atoms with Crippen LogP contribution in [-0.4, -0.2) is 0 Å². The first-order valence-electron chi connectivity index (χ1n) is 3.10. The summed E-state index contributed by atoms with van der Waals surface area (Å²) in [6.07, 6.45) is 0. The molecule has 0 bridgehead atoms. The molecule has 1 rings (SSSR count). The summed E-state index contributed by atoms with van der Waals surface area (Å²) >= 11 is 2.74. The Kier molecular flexibility index (Phi) is 3.13. The maximum Gasteiger partial charge on any atom is 0.140 e. The average Bonchev–Trinajstić information content (AvgIpc) is 2.01. The molecule has 5 heteroatoms. The molecule has 0 aromatic heterocycles. The van der Waals surface area contributed by atoms with E-state index < -0.39 is 11.6 Å². The van der Waals surface area contributed by atoms with Gasteiger partial charge in [0.05, 0.1) is 11.1 Å². The predicted molar refractivity (Wildman–Crippen MR) is 43.0 cm³/mol. The summed E-state index contributed by atoms with van der Waals surface area (Å²) in [5, 5.41) is 0. The first-order chi connectivity index (χ1) is 5.65. The number of rotatable bonds is 2. The molecular formula is C7H6BrF2NO. The van der Waals surface area contributed by atoms with Crippen LogP contribution in [0.1, 0.15) is 5.56 Å². The molecular weight excluding hydrogens is 232 g/mol. The third-order valence-corrected chi connectivity index (χ3v) is 2.05. The van der Waals surface area contributed by atoms with Crippen LogP contribution < -0.4 is 5.90 Å². The molecule has 0 saturated carbocycles. The van der Waals surface area contributed by atoms with Gasteiger partial charge in [0.1, 0.15) is 11.6 Å². The van der Waals surface area contributed by atoms with Gasteiger partial charge in [0.25, 0.3) is 0 Å². The zero-order chi connectivity index (χ0) is 9.14. The van der Waals surface area contributed by atoms with Crippen LogP contribution in [0.4, 0.5) is 8.78 Å². The lowest BCUT2D eigenvalue weighted by molar-refractivity contribution is 0.123. The second-order valence-corrected chi connectivity index (χ2v) is 2.98. The van der Waals surface area contributed by atoms with Gasteiger partial charge in [-0.1, -0.05) is 0 Å².